The third-order valence-electron chi connectivity index (χ3n) is 5.14. The summed E-state index contributed by atoms with van der Waals surface area (Å²) in [5, 5.41) is 9.12. The van der Waals surface area contributed by atoms with Crippen molar-refractivity contribution in [1.29, 1.82) is 0 Å². The number of hydrogen-bond donors (Lipinski definition) is 1. The Bertz CT molecular complexity index is 263. The van der Waals surface area contributed by atoms with Gasteiger partial charge < -0.3 is 5.11 Å². The first-order chi connectivity index (χ1) is 11.7. The zero-order valence-corrected chi connectivity index (χ0v) is 16.7. The molecule has 0 heterocycles. The van der Waals surface area contributed by atoms with Crippen molar-refractivity contribution in [2.24, 2.45) is 5.92 Å². The predicted molar refractivity (Wildman–Crippen MR) is 106 cm³/mol. The highest BCUT2D eigenvalue weighted by molar-refractivity contribution is 5.69. The lowest BCUT2D eigenvalue weighted by atomic mass is 9.96. The van der Waals surface area contributed by atoms with Crippen molar-refractivity contribution in [2.45, 2.75) is 129 Å². The molecule has 0 radical (unpaired) electrons. The molecule has 0 fully saturated rings. The number of aliphatic carboxylic acids is 1. The number of carboxylic acid groups (broad SMARTS) is 1. The average Bonchev–Trinajstić information content (AvgIpc) is 2.57. The molecule has 0 saturated carbocycles. The van der Waals surface area contributed by atoms with Crippen LogP contribution in [0.2, 0.25) is 0 Å². The second-order valence-corrected chi connectivity index (χ2v) is 7.56. The third-order valence-corrected chi connectivity index (χ3v) is 5.14. The molecule has 1 unspecified atom stereocenters. The molecular weight excluding hydrogens is 296 g/mol. The zero-order chi connectivity index (χ0) is 17.9. The normalized spacial score (nSPS) is 12.4. The average molecular weight is 341 g/mol. The monoisotopic (exact) mass is 340 g/mol. The van der Waals surface area contributed by atoms with Gasteiger partial charge >= 0.3 is 5.97 Å². The molecule has 0 aliphatic carbocycles. The van der Waals surface area contributed by atoms with Crippen LogP contribution in [-0.4, -0.2) is 11.1 Å². The van der Waals surface area contributed by atoms with Gasteiger partial charge in [-0.1, -0.05) is 117 Å². The summed E-state index contributed by atoms with van der Waals surface area (Å²) in [7, 11) is 0. The molecular formula is C22H44O2. The maximum atomic E-state index is 11.1. The summed E-state index contributed by atoms with van der Waals surface area (Å²) in [5.41, 5.74) is 0. The van der Waals surface area contributed by atoms with Crippen LogP contribution in [0.25, 0.3) is 0 Å². The first kappa shape index (κ1) is 23.5. The van der Waals surface area contributed by atoms with Crippen LogP contribution < -0.4 is 0 Å². The summed E-state index contributed by atoms with van der Waals surface area (Å²) in [6, 6.07) is 0. The lowest BCUT2D eigenvalue weighted by Crippen LogP contribution is -2.13. The fraction of sp³-hybridized carbons (Fsp3) is 0.955. The molecule has 1 N–H and O–H groups in total. The zero-order valence-electron chi connectivity index (χ0n) is 16.7. The van der Waals surface area contributed by atoms with E-state index in [4.69, 9.17) is 5.11 Å². The first-order valence-electron chi connectivity index (χ1n) is 10.9. The van der Waals surface area contributed by atoms with E-state index in [9.17, 15) is 4.79 Å². The molecule has 2 nitrogen and oxygen atoms in total. The van der Waals surface area contributed by atoms with E-state index >= 15 is 0 Å². The molecule has 144 valence electrons. The number of carboxylic acids is 1. The van der Waals surface area contributed by atoms with Crippen LogP contribution in [0, 0.1) is 5.92 Å². The largest absolute Gasteiger partial charge is 0.481 e. The van der Waals surface area contributed by atoms with Gasteiger partial charge in [0.25, 0.3) is 0 Å². The molecule has 0 spiro atoms. The van der Waals surface area contributed by atoms with Crippen molar-refractivity contribution >= 4 is 5.97 Å². The van der Waals surface area contributed by atoms with E-state index in [0.717, 1.165) is 25.7 Å². The van der Waals surface area contributed by atoms with E-state index in [1.54, 1.807) is 0 Å². The quantitative estimate of drug-likeness (QED) is 0.244. The summed E-state index contributed by atoms with van der Waals surface area (Å²) in [5.74, 6) is -0.695. The fourth-order valence-corrected chi connectivity index (χ4v) is 3.50. The van der Waals surface area contributed by atoms with Gasteiger partial charge in [0.15, 0.2) is 0 Å². The molecule has 0 amide bonds. The minimum absolute atomic E-state index is 0.100. The Kier molecular flexibility index (Phi) is 18.4. The van der Waals surface area contributed by atoms with Crippen LogP contribution in [0.5, 0.6) is 0 Å². The number of unbranched alkanes of at least 4 members (excludes halogenated alkanes) is 14. The Morgan fingerprint density at radius 1 is 0.583 bits per heavy atom. The van der Waals surface area contributed by atoms with E-state index in [1.165, 1.54) is 89.9 Å². The number of rotatable bonds is 19. The van der Waals surface area contributed by atoms with Gasteiger partial charge in [0.2, 0.25) is 0 Å². The van der Waals surface area contributed by atoms with Crippen molar-refractivity contribution in [3.05, 3.63) is 0 Å². The summed E-state index contributed by atoms with van der Waals surface area (Å²) in [6.45, 7) is 4.35. The predicted octanol–water partition coefficient (Wildman–Crippen LogP) is 7.75. The van der Waals surface area contributed by atoms with Crippen LogP contribution in [-0.2, 0) is 4.79 Å². The second-order valence-electron chi connectivity index (χ2n) is 7.56. The molecule has 0 bridgehead atoms. The molecule has 1 atom stereocenters. The van der Waals surface area contributed by atoms with E-state index in [0.29, 0.717) is 0 Å². The van der Waals surface area contributed by atoms with Crippen molar-refractivity contribution in [1.82, 2.24) is 0 Å². The van der Waals surface area contributed by atoms with Crippen molar-refractivity contribution in [3.63, 3.8) is 0 Å². The maximum Gasteiger partial charge on any atom is 0.306 e. The Hall–Kier alpha value is -0.530. The summed E-state index contributed by atoms with van der Waals surface area (Å²) >= 11 is 0. The highest BCUT2D eigenvalue weighted by atomic mass is 16.4. The van der Waals surface area contributed by atoms with Gasteiger partial charge in [-0.25, -0.2) is 0 Å². The molecule has 0 aromatic rings. The Morgan fingerprint density at radius 3 is 1.29 bits per heavy atom. The van der Waals surface area contributed by atoms with Crippen LogP contribution in [0.3, 0.4) is 0 Å². The van der Waals surface area contributed by atoms with Crippen LogP contribution in [0.15, 0.2) is 0 Å². The van der Waals surface area contributed by atoms with Crippen molar-refractivity contribution < 1.29 is 9.90 Å². The smallest absolute Gasteiger partial charge is 0.306 e. The standard InChI is InChI=1S/C22H44O2/c1-3-5-6-7-8-9-10-11-12-13-14-15-16-17-18-20-21(19-4-2)22(23)24/h21H,3-20H2,1-2H3,(H,23,24). The number of hydrogen-bond acceptors (Lipinski definition) is 1. The number of carbonyl (C=O) groups is 1. The van der Waals surface area contributed by atoms with Crippen molar-refractivity contribution in [3.8, 4) is 0 Å². The Labute approximate surface area is 151 Å². The van der Waals surface area contributed by atoms with Crippen molar-refractivity contribution in [2.75, 3.05) is 0 Å². The maximum absolute atomic E-state index is 11.1. The first-order valence-corrected chi connectivity index (χ1v) is 10.9. The van der Waals surface area contributed by atoms with Gasteiger partial charge in [-0.3, -0.25) is 4.79 Å². The summed E-state index contributed by atoms with van der Waals surface area (Å²) in [4.78, 5) is 11.1. The van der Waals surface area contributed by atoms with Gasteiger partial charge in [0.1, 0.15) is 0 Å². The highest BCUT2D eigenvalue weighted by Gasteiger charge is 2.15. The molecule has 2 heteroatoms. The van der Waals surface area contributed by atoms with Gasteiger partial charge in [0.05, 0.1) is 5.92 Å². The van der Waals surface area contributed by atoms with Gasteiger partial charge in [-0.15, -0.1) is 0 Å². The Morgan fingerprint density at radius 2 is 0.958 bits per heavy atom. The minimum atomic E-state index is -0.595. The molecule has 0 aromatic heterocycles. The molecule has 0 saturated heterocycles. The molecule has 0 aromatic carbocycles. The summed E-state index contributed by atoms with van der Waals surface area (Å²) < 4.78 is 0. The molecule has 0 aliphatic rings. The summed E-state index contributed by atoms with van der Waals surface area (Å²) in [6.07, 6.45) is 23.2. The van der Waals surface area contributed by atoms with E-state index in [2.05, 4.69) is 13.8 Å². The van der Waals surface area contributed by atoms with Crippen LogP contribution in [0.1, 0.15) is 129 Å². The SMILES string of the molecule is CCCCCCCCCCCCCCCCCC(CCC)C(=O)O. The van der Waals surface area contributed by atoms with E-state index < -0.39 is 5.97 Å². The van der Waals surface area contributed by atoms with Gasteiger partial charge in [0, 0.05) is 0 Å². The minimum Gasteiger partial charge on any atom is -0.481 e. The molecule has 24 heavy (non-hydrogen) atoms. The van der Waals surface area contributed by atoms with Gasteiger partial charge in [-0.05, 0) is 12.8 Å². The third kappa shape index (κ3) is 16.3. The van der Waals surface area contributed by atoms with Crippen LogP contribution in [0.4, 0.5) is 0 Å². The van der Waals surface area contributed by atoms with Gasteiger partial charge in [-0.2, -0.15) is 0 Å². The Balaban J connectivity index is 3.18. The lowest BCUT2D eigenvalue weighted by Gasteiger charge is -2.10. The van der Waals surface area contributed by atoms with E-state index in [-0.39, 0.29) is 5.92 Å². The van der Waals surface area contributed by atoms with Crippen LogP contribution >= 0.6 is 0 Å². The molecule has 0 rings (SSSR count). The topological polar surface area (TPSA) is 37.3 Å². The molecule has 0 aliphatic heterocycles. The fourth-order valence-electron chi connectivity index (χ4n) is 3.50. The second kappa shape index (κ2) is 18.8. The van der Waals surface area contributed by atoms with E-state index in [1.807, 2.05) is 0 Å². The highest BCUT2D eigenvalue weighted by Crippen LogP contribution is 2.18. The lowest BCUT2D eigenvalue weighted by molar-refractivity contribution is -0.142.